The maximum atomic E-state index is 10.8. The van der Waals surface area contributed by atoms with E-state index in [9.17, 15) is 10.1 Å². The Labute approximate surface area is 107 Å². The summed E-state index contributed by atoms with van der Waals surface area (Å²) in [4.78, 5) is 10.4. The van der Waals surface area contributed by atoms with Crippen molar-refractivity contribution in [2.24, 2.45) is 0 Å². The van der Waals surface area contributed by atoms with Gasteiger partial charge in [0.05, 0.1) is 11.5 Å². The molecule has 0 atom stereocenters. The van der Waals surface area contributed by atoms with Crippen molar-refractivity contribution in [2.45, 2.75) is 26.2 Å². The molecule has 0 aromatic heterocycles. The van der Waals surface area contributed by atoms with Crippen LogP contribution in [0, 0.1) is 17.0 Å². The summed E-state index contributed by atoms with van der Waals surface area (Å²) in [6.07, 6.45) is 2.97. The van der Waals surface area contributed by atoms with Crippen molar-refractivity contribution in [3.63, 3.8) is 0 Å². The number of rotatable bonds is 7. The largest absolute Gasteiger partial charge is 0.487 e. The number of ether oxygens (including phenoxy) is 1. The van der Waals surface area contributed by atoms with E-state index in [0.29, 0.717) is 12.4 Å². The number of nitro groups is 1. The second kappa shape index (κ2) is 7.17. The fourth-order valence-electron chi connectivity index (χ4n) is 1.46. The molecule has 0 fully saturated rings. The van der Waals surface area contributed by atoms with Crippen LogP contribution in [0.15, 0.2) is 18.2 Å². The van der Waals surface area contributed by atoms with Gasteiger partial charge in [-0.1, -0.05) is 6.07 Å². The van der Waals surface area contributed by atoms with Gasteiger partial charge in [0.15, 0.2) is 5.75 Å². The predicted molar refractivity (Wildman–Crippen MR) is 71.0 cm³/mol. The molecule has 0 heterocycles. The minimum atomic E-state index is -0.407. The number of hydrogen-bond acceptors (Lipinski definition) is 4. The molecular formula is C12H17NO3S. The fraction of sp³-hybridized carbons (Fsp3) is 0.500. The molecular weight excluding hydrogens is 238 g/mol. The average molecular weight is 255 g/mol. The standard InChI is InChI=1S/C12H17NO3S/c1-10-5-6-12(11(9-10)13(14)15)16-7-3-2-4-8-17/h5-6,9,17H,2-4,7-8H2,1H3. The Morgan fingerprint density at radius 1 is 1.35 bits per heavy atom. The SMILES string of the molecule is Cc1ccc(OCCCCCS)c([N+](=O)[O-])c1. The molecule has 4 nitrogen and oxygen atoms in total. The monoisotopic (exact) mass is 255 g/mol. The van der Waals surface area contributed by atoms with E-state index >= 15 is 0 Å². The van der Waals surface area contributed by atoms with E-state index < -0.39 is 4.92 Å². The van der Waals surface area contributed by atoms with Crippen molar-refractivity contribution in [1.29, 1.82) is 0 Å². The molecule has 0 N–H and O–H groups in total. The highest BCUT2D eigenvalue weighted by molar-refractivity contribution is 7.80. The molecule has 0 unspecified atom stereocenters. The molecule has 0 bridgehead atoms. The molecule has 0 aliphatic rings. The molecule has 0 aliphatic carbocycles. The second-order valence-electron chi connectivity index (χ2n) is 3.86. The molecule has 1 aromatic rings. The van der Waals surface area contributed by atoms with Crippen LogP contribution in [0.1, 0.15) is 24.8 Å². The summed E-state index contributed by atoms with van der Waals surface area (Å²) in [6.45, 7) is 2.33. The molecule has 1 rings (SSSR count). The van der Waals surface area contributed by atoms with E-state index in [-0.39, 0.29) is 5.69 Å². The molecule has 5 heteroatoms. The average Bonchev–Trinajstić information content (AvgIpc) is 2.30. The van der Waals surface area contributed by atoms with Crippen molar-refractivity contribution in [3.8, 4) is 5.75 Å². The zero-order chi connectivity index (χ0) is 12.7. The maximum Gasteiger partial charge on any atom is 0.311 e. The summed E-state index contributed by atoms with van der Waals surface area (Å²) >= 11 is 4.12. The van der Waals surface area contributed by atoms with Gasteiger partial charge < -0.3 is 4.74 Å². The predicted octanol–water partition coefficient (Wildman–Crippen LogP) is 3.38. The second-order valence-corrected chi connectivity index (χ2v) is 4.31. The Kier molecular flexibility index (Phi) is 5.83. The van der Waals surface area contributed by atoms with Gasteiger partial charge in [0.2, 0.25) is 0 Å². The van der Waals surface area contributed by atoms with E-state index in [2.05, 4.69) is 12.6 Å². The van der Waals surface area contributed by atoms with Crippen LogP contribution in [0.2, 0.25) is 0 Å². The lowest BCUT2D eigenvalue weighted by Gasteiger charge is -2.06. The van der Waals surface area contributed by atoms with Crippen LogP contribution in [-0.2, 0) is 0 Å². The van der Waals surface area contributed by atoms with Crippen molar-refractivity contribution < 1.29 is 9.66 Å². The van der Waals surface area contributed by atoms with Gasteiger partial charge in [-0.05, 0) is 43.6 Å². The Morgan fingerprint density at radius 3 is 2.76 bits per heavy atom. The summed E-state index contributed by atoms with van der Waals surface area (Å²) in [5.74, 6) is 1.22. The first-order chi connectivity index (χ1) is 8.15. The molecule has 1 aromatic carbocycles. The van der Waals surface area contributed by atoms with Gasteiger partial charge in [0.25, 0.3) is 0 Å². The van der Waals surface area contributed by atoms with E-state index in [0.717, 1.165) is 30.6 Å². The van der Waals surface area contributed by atoms with Crippen LogP contribution in [0.3, 0.4) is 0 Å². The minimum Gasteiger partial charge on any atom is -0.487 e. The van der Waals surface area contributed by atoms with Crippen LogP contribution in [0.25, 0.3) is 0 Å². The number of aryl methyl sites for hydroxylation is 1. The third-order valence-electron chi connectivity index (χ3n) is 2.37. The van der Waals surface area contributed by atoms with Gasteiger partial charge in [-0.3, -0.25) is 10.1 Å². The van der Waals surface area contributed by atoms with Gasteiger partial charge in [-0.15, -0.1) is 0 Å². The zero-order valence-corrected chi connectivity index (χ0v) is 10.8. The van der Waals surface area contributed by atoms with Gasteiger partial charge in [0, 0.05) is 6.07 Å². The van der Waals surface area contributed by atoms with Crippen molar-refractivity contribution in [3.05, 3.63) is 33.9 Å². The number of nitro benzene ring substituents is 1. The highest BCUT2D eigenvalue weighted by Gasteiger charge is 2.14. The van der Waals surface area contributed by atoms with Crippen LogP contribution in [0.5, 0.6) is 5.75 Å². The van der Waals surface area contributed by atoms with Crippen LogP contribution >= 0.6 is 12.6 Å². The van der Waals surface area contributed by atoms with Crippen LogP contribution < -0.4 is 4.74 Å². The normalized spacial score (nSPS) is 10.2. The lowest BCUT2D eigenvalue weighted by atomic mass is 10.2. The first-order valence-electron chi connectivity index (χ1n) is 5.64. The third kappa shape index (κ3) is 4.65. The molecule has 0 radical (unpaired) electrons. The highest BCUT2D eigenvalue weighted by atomic mass is 32.1. The van der Waals surface area contributed by atoms with E-state index in [1.165, 1.54) is 6.07 Å². The Morgan fingerprint density at radius 2 is 2.12 bits per heavy atom. The first kappa shape index (κ1) is 13.8. The van der Waals surface area contributed by atoms with E-state index in [1.54, 1.807) is 6.07 Å². The molecule has 0 saturated heterocycles. The lowest BCUT2D eigenvalue weighted by molar-refractivity contribution is -0.385. The quantitative estimate of drug-likeness (QED) is 0.352. The first-order valence-corrected chi connectivity index (χ1v) is 6.27. The third-order valence-corrected chi connectivity index (χ3v) is 2.69. The number of nitrogens with zero attached hydrogens (tertiary/aromatic N) is 1. The molecule has 94 valence electrons. The van der Waals surface area contributed by atoms with Gasteiger partial charge in [-0.2, -0.15) is 12.6 Å². The summed E-state index contributed by atoms with van der Waals surface area (Å²) < 4.78 is 5.43. The Bertz CT molecular complexity index is 382. The Balaban J connectivity index is 2.55. The van der Waals surface area contributed by atoms with Gasteiger partial charge >= 0.3 is 5.69 Å². The number of benzene rings is 1. The highest BCUT2D eigenvalue weighted by Crippen LogP contribution is 2.27. The van der Waals surface area contributed by atoms with E-state index in [1.807, 2.05) is 13.0 Å². The number of unbranched alkanes of at least 4 members (excludes halogenated alkanes) is 2. The Hall–Kier alpha value is -1.23. The van der Waals surface area contributed by atoms with Crippen molar-refractivity contribution in [1.82, 2.24) is 0 Å². The smallest absolute Gasteiger partial charge is 0.311 e. The fourth-order valence-corrected chi connectivity index (χ4v) is 1.69. The summed E-state index contributed by atoms with van der Waals surface area (Å²) in [5, 5.41) is 10.8. The summed E-state index contributed by atoms with van der Waals surface area (Å²) in [5.41, 5.74) is 0.901. The van der Waals surface area contributed by atoms with Crippen molar-refractivity contribution >= 4 is 18.3 Å². The molecule has 0 aliphatic heterocycles. The van der Waals surface area contributed by atoms with Crippen molar-refractivity contribution in [2.75, 3.05) is 12.4 Å². The lowest BCUT2D eigenvalue weighted by Crippen LogP contribution is -2.01. The molecule has 0 amide bonds. The topological polar surface area (TPSA) is 52.4 Å². The summed E-state index contributed by atoms with van der Waals surface area (Å²) in [7, 11) is 0. The molecule has 0 spiro atoms. The molecule has 0 saturated carbocycles. The van der Waals surface area contributed by atoms with Gasteiger partial charge in [-0.25, -0.2) is 0 Å². The van der Waals surface area contributed by atoms with E-state index in [4.69, 9.17) is 4.74 Å². The summed E-state index contributed by atoms with van der Waals surface area (Å²) in [6, 6.07) is 5.01. The number of hydrogen-bond donors (Lipinski definition) is 1. The molecule has 17 heavy (non-hydrogen) atoms. The van der Waals surface area contributed by atoms with Crippen LogP contribution in [0.4, 0.5) is 5.69 Å². The maximum absolute atomic E-state index is 10.8. The zero-order valence-electron chi connectivity index (χ0n) is 9.89. The number of thiol groups is 1. The minimum absolute atomic E-state index is 0.0409. The van der Waals surface area contributed by atoms with Crippen LogP contribution in [-0.4, -0.2) is 17.3 Å². The van der Waals surface area contributed by atoms with Gasteiger partial charge in [0.1, 0.15) is 0 Å².